The fraction of sp³-hybridized carbons (Fsp3) is 0.818. The van der Waals surface area contributed by atoms with Gasteiger partial charge in [-0.3, -0.25) is 0 Å². The lowest BCUT2D eigenvalue weighted by Gasteiger charge is -2.09. The average molecular weight is 265 g/mol. The van der Waals surface area contributed by atoms with Crippen molar-refractivity contribution in [2.75, 3.05) is 6.54 Å². The van der Waals surface area contributed by atoms with Crippen molar-refractivity contribution in [3.05, 3.63) is 11.7 Å². The molecular formula is C11H18F3N3O. The smallest absolute Gasteiger partial charge is 0.339 e. The van der Waals surface area contributed by atoms with Gasteiger partial charge in [0.15, 0.2) is 5.82 Å². The maximum absolute atomic E-state index is 12.0. The maximum atomic E-state index is 12.0. The quantitative estimate of drug-likeness (QED) is 0.823. The molecule has 0 aliphatic heterocycles. The van der Waals surface area contributed by atoms with Crippen molar-refractivity contribution >= 4 is 0 Å². The zero-order valence-electron chi connectivity index (χ0n) is 10.5. The lowest BCUT2D eigenvalue weighted by atomic mass is 10.2. The first-order valence-corrected chi connectivity index (χ1v) is 6.02. The molecule has 4 nitrogen and oxygen atoms in total. The average Bonchev–Trinajstić information content (AvgIpc) is 2.70. The molecule has 1 aromatic rings. The van der Waals surface area contributed by atoms with Gasteiger partial charge >= 0.3 is 6.18 Å². The van der Waals surface area contributed by atoms with Crippen LogP contribution in [0, 0.1) is 0 Å². The van der Waals surface area contributed by atoms with E-state index in [-0.39, 0.29) is 18.3 Å². The van der Waals surface area contributed by atoms with Crippen molar-refractivity contribution < 1.29 is 17.7 Å². The number of rotatable bonds is 7. The van der Waals surface area contributed by atoms with E-state index in [4.69, 9.17) is 4.52 Å². The molecule has 7 heteroatoms. The van der Waals surface area contributed by atoms with Gasteiger partial charge in [0.05, 0.1) is 6.42 Å². The molecule has 18 heavy (non-hydrogen) atoms. The molecule has 1 N–H and O–H groups in total. The van der Waals surface area contributed by atoms with Gasteiger partial charge in [0.25, 0.3) is 0 Å². The molecule has 0 spiro atoms. The van der Waals surface area contributed by atoms with E-state index >= 15 is 0 Å². The zero-order valence-corrected chi connectivity index (χ0v) is 10.5. The number of nitrogens with zero attached hydrogens (tertiary/aromatic N) is 2. The predicted molar refractivity (Wildman–Crippen MR) is 60.1 cm³/mol. The summed E-state index contributed by atoms with van der Waals surface area (Å²) in [6.07, 6.45) is -3.79. The van der Waals surface area contributed by atoms with Crippen LogP contribution in [0.4, 0.5) is 13.2 Å². The minimum atomic E-state index is -4.18. The van der Waals surface area contributed by atoms with E-state index < -0.39 is 12.6 Å². The minimum absolute atomic E-state index is 0.116. The predicted octanol–water partition coefficient (Wildman–Crippen LogP) is 2.50. The minimum Gasteiger partial charge on any atom is -0.339 e. The summed E-state index contributed by atoms with van der Waals surface area (Å²) in [5.74, 6) is 0.494. The highest BCUT2D eigenvalue weighted by atomic mass is 19.4. The number of alkyl halides is 3. The van der Waals surface area contributed by atoms with Crippen LogP contribution in [0.25, 0.3) is 0 Å². The van der Waals surface area contributed by atoms with Crippen molar-refractivity contribution in [2.45, 2.75) is 51.7 Å². The van der Waals surface area contributed by atoms with Gasteiger partial charge in [0, 0.05) is 18.9 Å². The molecule has 0 saturated heterocycles. The lowest BCUT2D eigenvalue weighted by Crippen LogP contribution is -2.28. The molecule has 104 valence electrons. The van der Waals surface area contributed by atoms with Crippen LogP contribution in [-0.4, -0.2) is 28.9 Å². The number of hydrogen-bond donors (Lipinski definition) is 1. The molecule has 1 unspecified atom stereocenters. The van der Waals surface area contributed by atoms with Gasteiger partial charge in [0.2, 0.25) is 5.89 Å². The number of aryl methyl sites for hydroxylation is 1. The third-order valence-corrected chi connectivity index (χ3v) is 2.37. The second-order valence-corrected chi connectivity index (χ2v) is 4.28. The molecule has 0 aliphatic rings. The molecule has 0 bridgehead atoms. The van der Waals surface area contributed by atoms with Crippen molar-refractivity contribution in [1.29, 1.82) is 0 Å². The van der Waals surface area contributed by atoms with E-state index in [1.165, 1.54) is 0 Å². The van der Waals surface area contributed by atoms with E-state index in [2.05, 4.69) is 22.4 Å². The van der Waals surface area contributed by atoms with Crippen LogP contribution in [-0.2, 0) is 12.8 Å². The van der Waals surface area contributed by atoms with Crippen LogP contribution in [0.3, 0.4) is 0 Å². The molecule has 0 saturated carbocycles. The van der Waals surface area contributed by atoms with Crippen LogP contribution < -0.4 is 5.32 Å². The van der Waals surface area contributed by atoms with Gasteiger partial charge in [-0.15, -0.1) is 0 Å². The Kier molecular flexibility index (Phi) is 5.58. The molecule has 0 aliphatic carbocycles. The highest BCUT2D eigenvalue weighted by Gasteiger charge is 2.27. The highest BCUT2D eigenvalue weighted by Crippen LogP contribution is 2.21. The number of halogens is 3. The Balaban J connectivity index is 2.38. The van der Waals surface area contributed by atoms with Crippen LogP contribution >= 0.6 is 0 Å². The van der Waals surface area contributed by atoms with Crippen LogP contribution in [0.5, 0.6) is 0 Å². The maximum Gasteiger partial charge on any atom is 0.389 e. The number of aromatic nitrogens is 2. The SMILES string of the molecule is CCCNC(C)Cc1nc(CCC(F)(F)F)no1. The summed E-state index contributed by atoms with van der Waals surface area (Å²) in [5.41, 5.74) is 0. The van der Waals surface area contributed by atoms with Gasteiger partial charge < -0.3 is 9.84 Å². The van der Waals surface area contributed by atoms with Crippen molar-refractivity contribution in [1.82, 2.24) is 15.5 Å². The van der Waals surface area contributed by atoms with E-state index in [1.807, 2.05) is 6.92 Å². The summed E-state index contributed by atoms with van der Waals surface area (Å²) in [4.78, 5) is 3.94. The molecule has 1 heterocycles. The molecule has 0 fully saturated rings. The summed E-state index contributed by atoms with van der Waals surface area (Å²) >= 11 is 0. The lowest BCUT2D eigenvalue weighted by molar-refractivity contribution is -0.134. The van der Waals surface area contributed by atoms with E-state index in [9.17, 15) is 13.2 Å². The molecule has 0 amide bonds. The largest absolute Gasteiger partial charge is 0.389 e. The van der Waals surface area contributed by atoms with Gasteiger partial charge in [-0.25, -0.2) is 0 Å². The molecule has 0 radical (unpaired) electrons. The Morgan fingerprint density at radius 3 is 2.72 bits per heavy atom. The molecule has 1 atom stereocenters. The molecule has 1 rings (SSSR count). The first kappa shape index (κ1) is 14.9. The van der Waals surface area contributed by atoms with E-state index in [0.717, 1.165) is 13.0 Å². The zero-order chi connectivity index (χ0) is 13.6. The Bertz CT molecular complexity index is 352. The summed E-state index contributed by atoms with van der Waals surface area (Å²) < 4.78 is 40.9. The number of hydrogen-bond acceptors (Lipinski definition) is 4. The first-order valence-electron chi connectivity index (χ1n) is 6.02. The highest BCUT2D eigenvalue weighted by molar-refractivity contribution is 4.89. The third-order valence-electron chi connectivity index (χ3n) is 2.37. The van der Waals surface area contributed by atoms with Crippen molar-refractivity contribution in [3.63, 3.8) is 0 Å². The van der Waals surface area contributed by atoms with Gasteiger partial charge in [0.1, 0.15) is 0 Å². The Labute approximate surface area is 104 Å². The summed E-state index contributed by atoms with van der Waals surface area (Å²) in [7, 11) is 0. The first-order chi connectivity index (χ1) is 8.40. The van der Waals surface area contributed by atoms with E-state index in [1.54, 1.807) is 0 Å². The summed E-state index contributed by atoms with van der Waals surface area (Å²) in [6, 6.07) is 0.167. The second kappa shape index (κ2) is 6.72. The van der Waals surface area contributed by atoms with Crippen LogP contribution in [0.2, 0.25) is 0 Å². The molecule has 0 aromatic carbocycles. The Hall–Kier alpha value is -1.11. The number of nitrogens with one attached hydrogen (secondary N) is 1. The van der Waals surface area contributed by atoms with Crippen molar-refractivity contribution in [2.24, 2.45) is 0 Å². The monoisotopic (exact) mass is 265 g/mol. The fourth-order valence-electron chi connectivity index (χ4n) is 1.45. The fourth-order valence-corrected chi connectivity index (χ4v) is 1.45. The second-order valence-electron chi connectivity index (χ2n) is 4.28. The summed E-state index contributed by atoms with van der Waals surface area (Å²) in [6.45, 7) is 4.91. The normalized spacial score (nSPS) is 13.8. The van der Waals surface area contributed by atoms with Crippen molar-refractivity contribution in [3.8, 4) is 0 Å². The summed E-state index contributed by atoms with van der Waals surface area (Å²) in [5, 5.41) is 6.78. The van der Waals surface area contributed by atoms with Gasteiger partial charge in [-0.2, -0.15) is 18.2 Å². The Morgan fingerprint density at radius 1 is 1.39 bits per heavy atom. The Morgan fingerprint density at radius 2 is 2.11 bits per heavy atom. The van der Waals surface area contributed by atoms with Crippen LogP contribution in [0.15, 0.2) is 4.52 Å². The molecular weight excluding hydrogens is 247 g/mol. The van der Waals surface area contributed by atoms with E-state index in [0.29, 0.717) is 12.3 Å². The standard InChI is InChI=1S/C11H18F3N3O/c1-3-6-15-8(2)7-10-16-9(17-18-10)4-5-11(12,13)14/h8,15H,3-7H2,1-2H3. The van der Waals surface area contributed by atoms with Gasteiger partial charge in [-0.1, -0.05) is 12.1 Å². The molecule has 1 aromatic heterocycles. The van der Waals surface area contributed by atoms with Crippen LogP contribution in [0.1, 0.15) is 38.4 Å². The topological polar surface area (TPSA) is 51.0 Å². The third kappa shape index (κ3) is 6.00. The van der Waals surface area contributed by atoms with Gasteiger partial charge in [-0.05, 0) is 19.9 Å².